The summed E-state index contributed by atoms with van der Waals surface area (Å²) in [5, 5.41) is 9.39. The van der Waals surface area contributed by atoms with Gasteiger partial charge in [0.1, 0.15) is 11.9 Å². The normalized spacial score (nSPS) is 11.7. The first-order chi connectivity index (χ1) is 6.16. The Bertz CT molecular complexity index is 365. The third-order valence-corrected chi connectivity index (χ3v) is 2.17. The molecule has 1 nitrogen and oxygen atoms in total. The number of hydrogen-bond donors (Lipinski definition) is 1. The fourth-order valence-electron chi connectivity index (χ4n) is 0.946. The Morgan fingerprint density at radius 1 is 1.54 bits per heavy atom. The molecule has 0 saturated carbocycles. The van der Waals surface area contributed by atoms with Gasteiger partial charge in [-0.05, 0) is 28.9 Å². The molecule has 1 aromatic rings. The average molecular weight is 243 g/mol. The summed E-state index contributed by atoms with van der Waals surface area (Å²) in [6.45, 7) is 1.60. The van der Waals surface area contributed by atoms with E-state index >= 15 is 0 Å². The zero-order valence-electron chi connectivity index (χ0n) is 7.01. The van der Waals surface area contributed by atoms with E-state index in [-0.39, 0.29) is 5.56 Å². The van der Waals surface area contributed by atoms with Gasteiger partial charge in [-0.3, -0.25) is 0 Å². The first-order valence-electron chi connectivity index (χ1n) is 3.71. The van der Waals surface area contributed by atoms with Crippen molar-refractivity contribution < 1.29 is 9.50 Å². The van der Waals surface area contributed by atoms with Gasteiger partial charge >= 0.3 is 0 Å². The SMILES string of the molecule is CC#CC(O)c1cccc(Br)c1F. The van der Waals surface area contributed by atoms with Crippen LogP contribution in [0.15, 0.2) is 22.7 Å². The molecule has 0 aromatic heterocycles. The lowest BCUT2D eigenvalue weighted by atomic mass is 10.1. The minimum atomic E-state index is -1.05. The van der Waals surface area contributed by atoms with E-state index in [2.05, 4.69) is 27.8 Å². The summed E-state index contributed by atoms with van der Waals surface area (Å²) in [6, 6.07) is 4.74. The maximum absolute atomic E-state index is 13.3. The van der Waals surface area contributed by atoms with Gasteiger partial charge in [-0.2, -0.15) is 0 Å². The van der Waals surface area contributed by atoms with Crippen molar-refractivity contribution in [1.29, 1.82) is 0 Å². The molecule has 0 spiro atoms. The second-order valence-corrected chi connectivity index (χ2v) is 3.29. The Balaban J connectivity index is 3.12. The van der Waals surface area contributed by atoms with Gasteiger partial charge in [0, 0.05) is 5.56 Å². The first-order valence-corrected chi connectivity index (χ1v) is 4.50. The minimum Gasteiger partial charge on any atom is -0.376 e. The molecule has 68 valence electrons. The molecule has 0 aliphatic carbocycles. The van der Waals surface area contributed by atoms with Crippen LogP contribution in [-0.2, 0) is 0 Å². The van der Waals surface area contributed by atoms with Crippen LogP contribution < -0.4 is 0 Å². The van der Waals surface area contributed by atoms with E-state index in [1.165, 1.54) is 6.07 Å². The number of benzene rings is 1. The standard InChI is InChI=1S/C10H8BrFO/c1-2-4-9(13)7-5-3-6-8(11)10(7)12/h3,5-6,9,13H,1H3. The summed E-state index contributed by atoms with van der Waals surface area (Å²) in [4.78, 5) is 0. The van der Waals surface area contributed by atoms with Gasteiger partial charge < -0.3 is 5.11 Å². The summed E-state index contributed by atoms with van der Waals surface area (Å²) in [6.07, 6.45) is -1.05. The Morgan fingerprint density at radius 2 is 2.23 bits per heavy atom. The highest BCUT2D eigenvalue weighted by atomic mass is 79.9. The molecule has 13 heavy (non-hydrogen) atoms. The van der Waals surface area contributed by atoms with Crippen LogP contribution in [0.1, 0.15) is 18.6 Å². The third kappa shape index (κ3) is 2.30. The van der Waals surface area contributed by atoms with Crippen LogP contribution in [-0.4, -0.2) is 5.11 Å². The molecule has 1 N–H and O–H groups in total. The molecule has 0 aliphatic heterocycles. The molecule has 0 fully saturated rings. The maximum atomic E-state index is 13.3. The van der Waals surface area contributed by atoms with Crippen molar-refractivity contribution >= 4 is 15.9 Å². The van der Waals surface area contributed by atoms with Crippen molar-refractivity contribution in [3.05, 3.63) is 34.1 Å². The van der Waals surface area contributed by atoms with Crippen LogP contribution in [0, 0.1) is 17.7 Å². The topological polar surface area (TPSA) is 20.2 Å². The Morgan fingerprint density at radius 3 is 2.85 bits per heavy atom. The van der Waals surface area contributed by atoms with E-state index in [0.29, 0.717) is 4.47 Å². The molecule has 1 rings (SSSR count). The van der Waals surface area contributed by atoms with Crippen molar-refractivity contribution in [2.75, 3.05) is 0 Å². The molecule has 0 saturated heterocycles. The molecular weight excluding hydrogens is 235 g/mol. The summed E-state index contributed by atoms with van der Waals surface area (Å²) in [5.74, 6) is 4.54. The summed E-state index contributed by atoms with van der Waals surface area (Å²) in [7, 11) is 0. The number of aliphatic hydroxyl groups excluding tert-OH is 1. The zero-order chi connectivity index (χ0) is 9.84. The fraction of sp³-hybridized carbons (Fsp3) is 0.200. The highest BCUT2D eigenvalue weighted by molar-refractivity contribution is 9.10. The van der Waals surface area contributed by atoms with E-state index in [1.54, 1.807) is 19.1 Å². The molecule has 3 heteroatoms. The molecule has 1 unspecified atom stereocenters. The molecule has 0 radical (unpaired) electrons. The molecule has 1 atom stereocenters. The van der Waals surface area contributed by atoms with Crippen molar-refractivity contribution in [3.63, 3.8) is 0 Å². The van der Waals surface area contributed by atoms with Crippen LogP contribution >= 0.6 is 15.9 Å². The van der Waals surface area contributed by atoms with Crippen LogP contribution in [0.4, 0.5) is 4.39 Å². The second-order valence-electron chi connectivity index (χ2n) is 2.44. The highest BCUT2D eigenvalue weighted by Gasteiger charge is 2.11. The van der Waals surface area contributed by atoms with Crippen LogP contribution in [0.25, 0.3) is 0 Å². The Hall–Kier alpha value is -0.850. The largest absolute Gasteiger partial charge is 0.376 e. The van der Waals surface area contributed by atoms with Crippen molar-refractivity contribution in [1.82, 2.24) is 0 Å². The Kier molecular flexibility index (Phi) is 3.47. The lowest BCUT2D eigenvalue weighted by Gasteiger charge is -2.05. The van der Waals surface area contributed by atoms with Gasteiger partial charge in [-0.25, -0.2) is 4.39 Å². The van der Waals surface area contributed by atoms with E-state index in [4.69, 9.17) is 0 Å². The highest BCUT2D eigenvalue weighted by Crippen LogP contribution is 2.23. The molecule has 0 heterocycles. The molecule has 1 aromatic carbocycles. The zero-order valence-corrected chi connectivity index (χ0v) is 8.60. The van der Waals surface area contributed by atoms with E-state index in [0.717, 1.165) is 0 Å². The Labute approximate surface area is 84.7 Å². The molecule has 0 bridgehead atoms. The molecule has 0 aliphatic rings. The summed E-state index contributed by atoms with van der Waals surface area (Å²) < 4.78 is 13.6. The summed E-state index contributed by atoms with van der Waals surface area (Å²) >= 11 is 3.03. The monoisotopic (exact) mass is 242 g/mol. The van der Waals surface area contributed by atoms with Crippen LogP contribution in [0.2, 0.25) is 0 Å². The first kappa shape index (κ1) is 10.2. The molecule has 0 amide bonds. The third-order valence-electron chi connectivity index (χ3n) is 1.56. The number of hydrogen-bond acceptors (Lipinski definition) is 1. The smallest absolute Gasteiger partial charge is 0.144 e. The van der Waals surface area contributed by atoms with Crippen LogP contribution in [0.3, 0.4) is 0 Å². The van der Waals surface area contributed by atoms with Crippen LogP contribution in [0.5, 0.6) is 0 Å². The number of halogens is 2. The van der Waals surface area contributed by atoms with E-state index < -0.39 is 11.9 Å². The predicted molar refractivity (Wildman–Crippen MR) is 52.5 cm³/mol. The minimum absolute atomic E-state index is 0.198. The van der Waals surface area contributed by atoms with E-state index in [9.17, 15) is 9.50 Å². The van der Waals surface area contributed by atoms with Gasteiger partial charge in [-0.15, -0.1) is 5.92 Å². The predicted octanol–water partition coefficient (Wildman–Crippen LogP) is 2.64. The second kappa shape index (κ2) is 4.40. The average Bonchev–Trinajstić information content (AvgIpc) is 2.10. The van der Waals surface area contributed by atoms with Gasteiger partial charge in [0.05, 0.1) is 4.47 Å². The van der Waals surface area contributed by atoms with Gasteiger partial charge in [0.2, 0.25) is 0 Å². The fourth-order valence-corrected chi connectivity index (χ4v) is 1.33. The number of aliphatic hydroxyl groups is 1. The maximum Gasteiger partial charge on any atom is 0.144 e. The van der Waals surface area contributed by atoms with Crippen molar-refractivity contribution in [2.24, 2.45) is 0 Å². The van der Waals surface area contributed by atoms with Gasteiger partial charge in [0.15, 0.2) is 0 Å². The van der Waals surface area contributed by atoms with Gasteiger partial charge in [-0.1, -0.05) is 18.1 Å². The lowest BCUT2D eigenvalue weighted by molar-refractivity contribution is 0.232. The summed E-state index contributed by atoms with van der Waals surface area (Å²) in [5.41, 5.74) is 0.198. The molecular formula is C10H8BrFO. The lowest BCUT2D eigenvalue weighted by Crippen LogP contribution is -1.98. The number of rotatable bonds is 1. The van der Waals surface area contributed by atoms with Crippen molar-refractivity contribution in [2.45, 2.75) is 13.0 Å². The van der Waals surface area contributed by atoms with E-state index in [1.807, 2.05) is 0 Å². The van der Waals surface area contributed by atoms with Gasteiger partial charge in [0.25, 0.3) is 0 Å². The van der Waals surface area contributed by atoms with Crippen molar-refractivity contribution in [3.8, 4) is 11.8 Å². The quantitative estimate of drug-likeness (QED) is 0.752.